The van der Waals surface area contributed by atoms with E-state index in [4.69, 9.17) is 0 Å². The van der Waals surface area contributed by atoms with Crippen LogP contribution >= 0.6 is 0 Å². The number of hydrogen-bond donors (Lipinski definition) is 2. The highest BCUT2D eigenvalue weighted by Crippen LogP contribution is 2.45. The van der Waals surface area contributed by atoms with Crippen LogP contribution in [0.2, 0.25) is 0 Å². The van der Waals surface area contributed by atoms with E-state index in [1.54, 1.807) is 0 Å². The summed E-state index contributed by atoms with van der Waals surface area (Å²) in [5.41, 5.74) is -1.71. The summed E-state index contributed by atoms with van der Waals surface area (Å²) in [6, 6.07) is 0. The van der Waals surface area contributed by atoms with E-state index in [2.05, 4.69) is 0 Å². The molecule has 0 aromatic heterocycles. The van der Waals surface area contributed by atoms with Crippen molar-refractivity contribution in [1.29, 1.82) is 0 Å². The van der Waals surface area contributed by atoms with Crippen molar-refractivity contribution in [2.45, 2.75) is 31.8 Å². The molecular formula is C11H16O6S. The number of aliphatic hydroxyl groups is 1. The summed E-state index contributed by atoms with van der Waals surface area (Å²) in [5, 5.41) is 19.2. The predicted octanol–water partition coefficient (Wildman–Crippen LogP) is -0.394. The lowest BCUT2D eigenvalue weighted by Gasteiger charge is -2.37. The first kappa shape index (κ1) is 13.5. The third kappa shape index (κ3) is 1.95. The molecule has 1 heterocycles. The molecule has 0 radical (unpaired) electrons. The Labute approximate surface area is 105 Å². The van der Waals surface area contributed by atoms with Crippen molar-refractivity contribution in [2.75, 3.05) is 11.5 Å². The molecular weight excluding hydrogens is 260 g/mol. The Morgan fingerprint density at radius 2 is 1.94 bits per heavy atom. The molecule has 0 amide bonds. The third-order valence-electron chi connectivity index (χ3n) is 4.06. The maximum Gasteiger partial charge on any atom is 0.317 e. The van der Waals surface area contributed by atoms with Gasteiger partial charge in [0, 0.05) is 12.3 Å². The molecule has 18 heavy (non-hydrogen) atoms. The number of carbonyl (C=O) groups is 2. The minimum atomic E-state index is -3.45. The second-order valence-corrected chi connectivity index (χ2v) is 7.31. The molecule has 0 bridgehead atoms. The molecule has 0 spiro atoms. The first-order valence-corrected chi connectivity index (χ1v) is 7.77. The fourth-order valence-corrected chi connectivity index (χ4v) is 5.07. The molecule has 1 aliphatic heterocycles. The molecule has 6 nitrogen and oxygen atoms in total. The fourth-order valence-electron chi connectivity index (χ4n) is 3.13. The van der Waals surface area contributed by atoms with Crippen LogP contribution in [0.5, 0.6) is 0 Å². The quantitative estimate of drug-likeness (QED) is 0.665. The van der Waals surface area contributed by atoms with Gasteiger partial charge in [-0.1, -0.05) is 6.42 Å². The number of sulfone groups is 1. The van der Waals surface area contributed by atoms with E-state index in [0.29, 0.717) is 12.8 Å². The van der Waals surface area contributed by atoms with Crippen LogP contribution in [-0.4, -0.2) is 48.0 Å². The van der Waals surface area contributed by atoms with Crippen LogP contribution in [0, 0.1) is 11.3 Å². The van der Waals surface area contributed by atoms with Crippen molar-refractivity contribution >= 4 is 21.6 Å². The SMILES string of the molecule is O=C(O)C1(C2CS(=O)(=O)CC2O)CCCCC1=O. The second-order valence-electron chi connectivity index (χ2n) is 5.16. The summed E-state index contributed by atoms with van der Waals surface area (Å²) >= 11 is 0. The van der Waals surface area contributed by atoms with Crippen LogP contribution in [0.1, 0.15) is 25.7 Å². The molecule has 0 aromatic rings. The van der Waals surface area contributed by atoms with E-state index in [1.807, 2.05) is 0 Å². The van der Waals surface area contributed by atoms with Crippen LogP contribution in [-0.2, 0) is 19.4 Å². The number of Topliss-reactive ketones (excluding diaryl/α,β-unsaturated/α-hetero) is 1. The van der Waals surface area contributed by atoms with Gasteiger partial charge < -0.3 is 10.2 Å². The molecule has 102 valence electrons. The van der Waals surface area contributed by atoms with Crippen LogP contribution in [0.25, 0.3) is 0 Å². The smallest absolute Gasteiger partial charge is 0.317 e. The maximum atomic E-state index is 12.0. The zero-order valence-corrected chi connectivity index (χ0v) is 10.6. The van der Waals surface area contributed by atoms with Crippen molar-refractivity contribution in [3.63, 3.8) is 0 Å². The average molecular weight is 276 g/mol. The molecule has 1 aliphatic carbocycles. The number of carboxylic acids is 1. The topological polar surface area (TPSA) is 109 Å². The molecule has 2 fully saturated rings. The fraction of sp³-hybridized carbons (Fsp3) is 0.818. The summed E-state index contributed by atoms with van der Waals surface area (Å²) in [7, 11) is -3.45. The maximum absolute atomic E-state index is 12.0. The van der Waals surface area contributed by atoms with E-state index in [0.717, 1.165) is 0 Å². The molecule has 3 atom stereocenters. The number of aliphatic carboxylic acids is 1. The van der Waals surface area contributed by atoms with E-state index >= 15 is 0 Å². The normalized spacial score (nSPS) is 39.7. The summed E-state index contributed by atoms with van der Waals surface area (Å²) < 4.78 is 23.0. The van der Waals surface area contributed by atoms with E-state index in [-0.39, 0.29) is 12.8 Å². The van der Waals surface area contributed by atoms with Gasteiger partial charge in [0.1, 0.15) is 5.41 Å². The minimum absolute atomic E-state index is 0.123. The lowest BCUT2D eigenvalue weighted by molar-refractivity contribution is -0.163. The summed E-state index contributed by atoms with van der Waals surface area (Å²) in [6.07, 6.45) is 0.215. The number of carboxylic acid groups (broad SMARTS) is 1. The van der Waals surface area contributed by atoms with Crippen molar-refractivity contribution in [3.8, 4) is 0 Å². The standard InChI is InChI=1S/C11H16O6S/c12-8-6-18(16,17)5-7(8)11(10(14)15)4-2-1-3-9(11)13/h7-8,12H,1-6H2,(H,14,15). The van der Waals surface area contributed by atoms with Gasteiger partial charge in [0.05, 0.1) is 17.6 Å². The number of aliphatic hydroxyl groups excluding tert-OH is 1. The monoisotopic (exact) mass is 276 g/mol. The van der Waals surface area contributed by atoms with Crippen LogP contribution in [0.15, 0.2) is 0 Å². The van der Waals surface area contributed by atoms with Gasteiger partial charge in [-0.05, 0) is 12.8 Å². The van der Waals surface area contributed by atoms with Gasteiger partial charge in [0.25, 0.3) is 0 Å². The van der Waals surface area contributed by atoms with Crippen molar-refractivity contribution in [2.24, 2.45) is 11.3 Å². The molecule has 1 saturated heterocycles. The van der Waals surface area contributed by atoms with Crippen LogP contribution in [0.3, 0.4) is 0 Å². The molecule has 2 rings (SSSR count). The van der Waals surface area contributed by atoms with E-state index in [9.17, 15) is 28.2 Å². The number of hydrogen-bond acceptors (Lipinski definition) is 5. The Hall–Kier alpha value is -0.950. The van der Waals surface area contributed by atoms with Gasteiger partial charge in [-0.2, -0.15) is 0 Å². The lowest BCUT2D eigenvalue weighted by atomic mass is 9.64. The van der Waals surface area contributed by atoms with Gasteiger partial charge in [0.2, 0.25) is 0 Å². The average Bonchev–Trinajstić information content (AvgIpc) is 2.53. The van der Waals surface area contributed by atoms with Crippen molar-refractivity contribution < 1.29 is 28.2 Å². The molecule has 2 N–H and O–H groups in total. The predicted molar refractivity (Wildman–Crippen MR) is 61.7 cm³/mol. The molecule has 7 heteroatoms. The van der Waals surface area contributed by atoms with Crippen molar-refractivity contribution in [3.05, 3.63) is 0 Å². The number of rotatable bonds is 2. The number of carbonyl (C=O) groups excluding carboxylic acids is 1. The summed E-state index contributed by atoms with van der Waals surface area (Å²) in [6.45, 7) is 0. The second kappa shape index (κ2) is 4.31. The Morgan fingerprint density at radius 3 is 2.39 bits per heavy atom. The highest BCUT2D eigenvalue weighted by molar-refractivity contribution is 7.91. The van der Waals surface area contributed by atoms with Gasteiger partial charge in [-0.15, -0.1) is 0 Å². The summed E-state index contributed by atoms with van der Waals surface area (Å²) in [5.74, 6) is -3.60. The zero-order valence-electron chi connectivity index (χ0n) is 9.83. The van der Waals surface area contributed by atoms with Gasteiger partial charge >= 0.3 is 5.97 Å². The Morgan fingerprint density at radius 1 is 1.28 bits per heavy atom. The van der Waals surface area contributed by atoms with Crippen LogP contribution < -0.4 is 0 Å². The zero-order chi connectivity index (χ0) is 13.6. The Kier molecular flexibility index (Phi) is 3.23. The van der Waals surface area contributed by atoms with Gasteiger partial charge in [-0.25, -0.2) is 8.42 Å². The first-order valence-electron chi connectivity index (χ1n) is 5.95. The van der Waals surface area contributed by atoms with Crippen LogP contribution in [0.4, 0.5) is 0 Å². The first-order chi connectivity index (χ1) is 8.29. The Balaban J connectivity index is 2.43. The van der Waals surface area contributed by atoms with E-state index in [1.165, 1.54) is 0 Å². The molecule has 0 aromatic carbocycles. The Bertz CT molecular complexity index is 482. The largest absolute Gasteiger partial charge is 0.480 e. The molecule has 1 saturated carbocycles. The van der Waals surface area contributed by atoms with Crippen molar-refractivity contribution in [1.82, 2.24) is 0 Å². The highest BCUT2D eigenvalue weighted by atomic mass is 32.2. The summed E-state index contributed by atoms with van der Waals surface area (Å²) in [4.78, 5) is 23.5. The van der Waals surface area contributed by atoms with Gasteiger partial charge in [-0.3, -0.25) is 9.59 Å². The minimum Gasteiger partial charge on any atom is -0.480 e. The highest BCUT2D eigenvalue weighted by Gasteiger charge is 2.58. The van der Waals surface area contributed by atoms with Gasteiger partial charge in [0.15, 0.2) is 15.6 Å². The third-order valence-corrected chi connectivity index (χ3v) is 5.78. The molecule has 3 unspecified atom stereocenters. The van der Waals surface area contributed by atoms with E-state index < -0.39 is 50.5 Å². The lowest BCUT2D eigenvalue weighted by Crippen LogP contribution is -2.51. The molecule has 2 aliphatic rings. The number of ketones is 1.